The van der Waals surface area contributed by atoms with Gasteiger partial charge in [0.15, 0.2) is 0 Å². The van der Waals surface area contributed by atoms with Gasteiger partial charge in [0.05, 0.1) is 22.9 Å². The van der Waals surface area contributed by atoms with Gasteiger partial charge in [-0.1, -0.05) is 23.7 Å². The maximum absolute atomic E-state index is 6.19. The summed E-state index contributed by atoms with van der Waals surface area (Å²) >= 11 is 6.11. The number of aromatic nitrogens is 1. The largest absolute Gasteiger partial charge is 0.490 e. The second kappa shape index (κ2) is 5.19. The normalized spacial score (nSPS) is 16.1. The molecular formula is C15H15ClN2O. The van der Waals surface area contributed by atoms with Crippen LogP contribution in [0.3, 0.4) is 0 Å². The number of nitrogens with zero attached hydrogens (tertiary/aromatic N) is 1. The highest BCUT2D eigenvalue weighted by molar-refractivity contribution is 6.31. The molecule has 19 heavy (non-hydrogen) atoms. The summed E-state index contributed by atoms with van der Waals surface area (Å²) in [5.74, 6) is 0.894. The summed E-state index contributed by atoms with van der Waals surface area (Å²) in [6, 6.07) is 11.1. The lowest BCUT2D eigenvalue weighted by atomic mass is 10.0. The molecule has 0 radical (unpaired) electrons. The molecule has 1 atom stereocenters. The number of hydrogen-bond donors (Lipinski definition) is 1. The van der Waals surface area contributed by atoms with E-state index in [2.05, 4.69) is 4.98 Å². The standard InChI is InChI=1S/C15H15ClN2O/c16-13-2-1-9-18-15(13)14(17)10-3-5-11(6-4-10)19-12-7-8-12/h1-6,9,12,14H,7-8,17H2. The number of pyridine rings is 1. The molecule has 2 aromatic rings. The molecule has 0 amide bonds. The first-order valence-corrected chi connectivity index (χ1v) is 6.74. The van der Waals surface area contributed by atoms with Crippen LogP contribution in [0.25, 0.3) is 0 Å². The molecule has 1 saturated carbocycles. The highest BCUT2D eigenvalue weighted by atomic mass is 35.5. The maximum atomic E-state index is 6.19. The monoisotopic (exact) mass is 274 g/mol. The van der Waals surface area contributed by atoms with E-state index in [1.807, 2.05) is 24.3 Å². The van der Waals surface area contributed by atoms with Gasteiger partial charge in [-0.05, 0) is 42.7 Å². The van der Waals surface area contributed by atoms with Crippen LogP contribution in [-0.2, 0) is 0 Å². The zero-order valence-electron chi connectivity index (χ0n) is 10.4. The van der Waals surface area contributed by atoms with Crippen molar-refractivity contribution in [3.05, 3.63) is 58.9 Å². The Bertz CT molecular complexity index is 567. The van der Waals surface area contributed by atoms with Crippen molar-refractivity contribution in [2.24, 2.45) is 5.73 Å². The third kappa shape index (κ3) is 2.88. The zero-order chi connectivity index (χ0) is 13.2. The van der Waals surface area contributed by atoms with Crippen molar-refractivity contribution in [1.82, 2.24) is 4.98 Å². The molecule has 0 saturated heterocycles. The molecule has 1 aromatic carbocycles. The first kappa shape index (κ1) is 12.5. The van der Waals surface area contributed by atoms with Crippen LogP contribution in [0.2, 0.25) is 5.02 Å². The fourth-order valence-corrected chi connectivity index (χ4v) is 2.16. The van der Waals surface area contributed by atoms with Gasteiger partial charge in [0.25, 0.3) is 0 Å². The van der Waals surface area contributed by atoms with Crippen molar-refractivity contribution in [3.63, 3.8) is 0 Å². The molecule has 98 valence electrons. The van der Waals surface area contributed by atoms with Crippen LogP contribution >= 0.6 is 11.6 Å². The van der Waals surface area contributed by atoms with Gasteiger partial charge >= 0.3 is 0 Å². The SMILES string of the molecule is NC(c1ccc(OC2CC2)cc1)c1ncccc1Cl. The molecule has 0 spiro atoms. The van der Waals surface area contributed by atoms with Crippen LogP contribution in [0, 0.1) is 0 Å². The van der Waals surface area contributed by atoms with Crippen LogP contribution in [0.15, 0.2) is 42.6 Å². The summed E-state index contributed by atoms with van der Waals surface area (Å²) in [5.41, 5.74) is 7.86. The number of nitrogens with two attached hydrogens (primary N) is 1. The van der Waals surface area contributed by atoms with Crippen molar-refractivity contribution in [3.8, 4) is 5.75 Å². The van der Waals surface area contributed by atoms with Crippen molar-refractivity contribution in [2.45, 2.75) is 25.0 Å². The Morgan fingerprint density at radius 2 is 1.95 bits per heavy atom. The van der Waals surface area contributed by atoms with Gasteiger partial charge < -0.3 is 10.5 Å². The van der Waals surface area contributed by atoms with E-state index in [1.54, 1.807) is 18.3 Å². The average Bonchev–Trinajstić information content (AvgIpc) is 3.23. The summed E-state index contributed by atoms with van der Waals surface area (Å²) in [6.45, 7) is 0. The predicted octanol–water partition coefficient (Wildman–Crippen LogP) is 3.32. The van der Waals surface area contributed by atoms with E-state index in [4.69, 9.17) is 22.1 Å². The van der Waals surface area contributed by atoms with Crippen LogP contribution in [0.1, 0.15) is 30.1 Å². The van der Waals surface area contributed by atoms with E-state index in [1.165, 1.54) is 0 Å². The van der Waals surface area contributed by atoms with Crippen LogP contribution < -0.4 is 10.5 Å². The lowest BCUT2D eigenvalue weighted by Crippen LogP contribution is -2.14. The van der Waals surface area contributed by atoms with Gasteiger partial charge in [-0.2, -0.15) is 0 Å². The second-order valence-electron chi connectivity index (χ2n) is 4.73. The molecule has 1 aliphatic rings. The number of benzene rings is 1. The molecule has 1 aliphatic carbocycles. The molecule has 0 aliphatic heterocycles. The molecule has 3 rings (SSSR count). The van der Waals surface area contributed by atoms with E-state index >= 15 is 0 Å². The summed E-state index contributed by atoms with van der Waals surface area (Å²) in [4.78, 5) is 4.25. The van der Waals surface area contributed by atoms with E-state index in [0.717, 1.165) is 24.2 Å². The van der Waals surface area contributed by atoms with Crippen molar-refractivity contribution >= 4 is 11.6 Å². The van der Waals surface area contributed by atoms with Gasteiger partial charge in [0.1, 0.15) is 5.75 Å². The van der Waals surface area contributed by atoms with E-state index in [-0.39, 0.29) is 6.04 Å². The maximum Gasteiger partial charge on any atom is 0.119 e. The highest BCUT2D eigenvalue weighted by Gasteiger charge is 2.23. The first-order valence-electron chi connectivity index (χ1n) is 6.36. The molecule has 3 nitrogen and oxygen atoms in total. The van der Waals surface area contributed by atoms with E-state index in [0.29, 0.717) is 16.8 Å². The molecule has 1 heterocycles. The van der Waals surface area contributed by atoms with Gasteiger partial charge in [-0.25, -0.2) is 0 Å². The molecule has 1 aromatic heterocycles. The van der Waals surface area contributed by atoms with Crippen molar-refractivity contribution < 1.29 is 4.74 Å². The summed E-state index contributed by atoms with van der Waals surface area (Å²) in [5, 5.41) is 0.591. The fourth-order valence-electron chi connectivity index (χ4n) is 1.92. The van der Waals surface area contributed by atoms with Crippen molar-refractivity contribution in [1.29, 1.82) is 0 Å². The van der Waals surface area contributed by atoms with Gasteiger partial charge in [-0.15, -0.1) is 0 Å². The van der Waals surface area contributed by atoms with E-state index < -0.39 is 0 Å². The average molecular weight is 275 g/mol. The number of halogens is 1. The van der Waals surface area contributed by atoms with Gasteiger partial charge in [0.2, 0.25) is 0 Å². The number of ether oxygens (including phenoxy) is 1. The Hall–Kier alpha value is -1.58. The minimum Gasteiger partial charge on any atom is -0.490 e. The third-order valence-corrected chi connectivity index (χ3v) is 3.47. The molecular weight excluding hydrogens is 260 g/mol. The zero-order valence-corrected chi connectivity index (χ0v) is 11.2. The molecule has 0 bridgehead atoms. The summed E-state index contributed by atoms with van der Waals surface area (Å²) in [7, 11) is 0. The molecule has 4 heteroatoms. The van der Waals surface area contributed by atoms with Gasteiger partial charge in [-0.3, -0.25) is 4.98 Å². The molecule has 1 fully saturated rings. The molecule has 2 N–H and O–H groups in total. The minimum atomic E-state index is -0.316. The Morgan fingerprint density at radius 3 is 2.58 bits per heavy atom. The Kier molecular flexibility index (Phi) is 3.40. The lowest BCUT2D eigenvalue weighted by molar-refractivity contribution is 0.303. The second-order valence-corrected chi connectivity index (χ2v) is 5.14. The van der Waals surface area contributed by atoms with Gasteiger partial charge in [0, 0.05) is 6.20 Å². The topological polar surface area (TPSA) is 48.1 Å². The third-order valence-electron chi connectivity index (χ3n) is 3.15. The number of rotatable bonds is 4. The first-order chi connectivity index (χ1) is 9.24. The molecule has 1 unspecified atom stereocenters. The Balaban J connectivity index is 1.79. The van der Waals surface area contributed by atoms with Crippen LogP contribution in [0.5, 0.6) is 5.75 Å². The van der Waals surface area contributed by atoms with Crippen LogP contribution in [0.4, 0.5) is 0 Å². The summed E-state index contributed by atoms with van der Waals surface area (Å²) < 4.78 is 5.71. The van der Waals surface area contributed by atoms with Crippen molar-refractivity contribution in [2.75, 3.05) is 0 Å². The summed E-state index contributed by atoms with van der Waals surface area (Å²) in [6.07, 6.45) is 4.42. The minimum absolute atomic E-state index is 0.316. The predicted molar refractivity (Wildman–Crippen MR) is 75.4 cm³/mol. The Labute approximate surface area is 117 Å². The van der Waals surface area contributed by atoms with E-state index in [9.17, 15) is 0 Å². The Morgan fingerprint density at radius 1 is 1.21 bits per heavy atom. The lowest BCUT2D eigenvalue weighted by Gasteiger charge is -2.13. The highest BCUT2D eigenvalue weighted by Crippen LogP contribution is 2.29. The fraction of sp³-hybridized carbons (Fsp3) is 0.267. The smallest absolute Gasteiger partial charge is 0.119 e. The quantitative estimate of drug-likeness (QED) is 0.930. The van der Waals surface area contributed by atoms with Crippen LogP contribution in [-0.4, -0.2) is 11.1 Å². The number of hydrogen-bond acceptors (Lipinski definition) is 3.